The maximum atomic E-state index is 11.3. The Morgan fingerprint density at radius 3 is 2.50 bits per heavy atom. The quantitative estimate of drug-likeness (QED) is 0.534. The number of hydroxylamine groups is 2. The first-order valence-electron chi connectivity index (χ1n) is 7.24. The molecule has 4 heteroatoms. The predicted octanol–water partition coefficient (Wildman–Crippen LogP) is 3.32. The van der Waals surface area contributed by atoms with Crippen LogP contribution in [0.2, 0.25) is 0 Å². The van der Waals surface area contributed by atoms with Gasteiger partial charge in [-0.3, -0.25) is 10.0 Å². The first-order chi connectivity index (χ1) is 10.4. The van der Waals surface area contributed by atoms with Crippen molar-refractivity contribution in [2.45, 2.75) is 27.3 Å². The van der Waals surface area contributed by atoms with Gasteiger partial charge in [-0.15, -0.1) is 0 Å². The summed E-state index contributed by atoms with van der Waals surface area (Å²) in [5.41, 5.74) is 6.11. The summed E-state index contributed by atoms with van der Waals surface area (Å²) < 4.78 is 2.09. The summed E-state index contributed by atoms with van der Waals surface area (Å²) >= 11 is 0. The van der Waals surface area contributed by atoms with Crippen molar-refractivity contribution in [3.63, 3.8) is 0 Å². The Bertz CT molecular complexity index is 689. The molecule has 116 valence electrons. The van der Waals surface area contributed by atoms with Crippen molar-refractivity contribution in [1.82, 2.24) is 9.63 Å². The number of rotatable bonds is 4. The van der Waals surface area contributed by atoms with E-state index in [9.17, 15) is 4.79 Å². The van der Waals surface area contributed by atoms with Crippen molar-refractivity contribution in [2.24, 2.45) is 0 Å². The maximum Gasteiger partial charge on any atom is 0.269 e. The van der Waals surface area contributed by atoms with E-state index in [0.717, 1.165) is 12.1 Å². The molecule has 0 spiro atoms. The number of benzene rings is 1. The van der Waals surface area contributed by atoms with Crippen molar-refractivity contribution in [3.05, 3.63) is 64.5 Å². The van der Waals surface area contributed by atoms with E-state index in [4.69, 9.17) is 5.21 Å². The van der Waals surface area contributed by atoms with E-state index in [2.05, 4.69) is 37.5 Å². The average molecular weight is 298 g/mol. The van der Waals surface area contributed by atoms with Crippen LogP contribution in [0.3, 0.4) is 0 Å². The molecule has 0 fully saturated rings. The third kappa shape index (κ3) is 3.86. The number of carbonyl (C=O) groups excluding carboxylic acids is 1. The van der Waals surface area contributed by atoms with Crippen molar-refractivity contribution >= 4 is 12.0 Å². The summed E-state index contributed by atoms with van der Waals surface area (Å²) in [7, 11) is 1.31. The summed E-state index contributed by atoms with van der Waals surface area (Å²) in [5, 5.41) is 9.57. The highest BCUT2D eigenvalue weighted by Crippen LogP contribution is 2.18. The van der Waals surface area contributed by atoms with E-state index in [-0.39, 0.29) is 0 Å². The molecular weight excluding hydrogens is 276 g/mol. The highest BCUT2D eigenvalue weighted by molar-refractivity contribution is 5.90. The molecule has 1 amide bonds. The van der Waals surface area contributed by atoms with Gasteiger partial charge in [0.2, 0.25) is 0 Å². The molecule has 1 heterocycles. The fraction of sp³-hybridized carbons (Fsp3) is 0.278. The smallest absolute Gasteiger partial charge is 0.269 e. The molecule has 1 N–H and O–H groups in total. The van der Waals surface area contributed by atoms with Crippen LogP contribution in [0.5, 0.6) is 0 Å². The number of likely N-dealkylation sites (N-methyl/N-ethyl adjacent to an activating group) is 1. The second-order valence-corrected chi connectivity index (χ2v) is 5.69. The fourth-order valence-electron chi connectivity index (χ4n) is 2.57. The van der Waals surface area contributed by atoms with Gasteiger partial charge in [-0.05, 0) is 55.2 Å². The largest absolute Gasteiger partial charge is 0.349 e. The van der Waals surface area contributed by atoms with Gasteiger partial charge in [0.1, 0.15) is 0 Å². The highest BCUT2D eigenvalue weighted by Gasteiger charge is 2.05. The van der Waals surface area contributed by atoms with Crippen LogP contribution in [-0.4, -0.2) is 27.8 Å². The van der Waals surface area contributed by atoms with Crippen LogP contribution < -0.4 is 0 Å². The molecule has 0 saturated carbocycles. The molecule has 0 saturated heterocycles. The van der Waals surface area contributed by atoms with E-state index in [1.54, 1.807) is 6.08 Å². The summed E-state index contributed by atoms with van der Waals surface area (Å²) in [6, 6.07) is 6.34. The Morgan fingerprint density at radius 2 is 1.91 bits per heavy atom. The van der Waals surface area contributed by atoms with Crippen LogP contribution in [0, 0.1) is 20.8 Å². The lowest BCUT2D eigenvalue weighted by Gasteiger charge is -2.12. The maximum absolute atomic E-state index is 11.3. The normalized spacial score (nSPS) is 11.1. The SMILES string of the molecule is Cc1cc(C)c(Cn2ccc(C=CC(=O)N(C)O)c2)c(C)c1. The number of nitrogens with zero attached hydrogens (tertiary/aromatic N) is 2. The first-order valence-corrected chi connectivity index (χ1v) is 7.24. The summed E-state index contributed by atoms with van der Waals surface area (Å²) in [6.07, 6.45) is 7.02. The topological polar surface area (TPSA) is 45.5 Å². The number of carbonyl (C=O) groups is 1. The Kier molecular flexibility index (Phi) is 4.83. The zero-order valence-corrected chi connectivity index (χ0v) is 13.5. The molecule has 4 nitrogen and oxygen atoms in total. The second kappa shape index (κ2) is 6.62. The Hall–Kier alpha value is -2.33. The second-order valence-electron chi connectivity index (χ2n) is 5.69. The molecule has 0 bridgehead atoms. The molecule has 1 aromatic carbocycles. The van der Waals surface area contributed by atoms with Crippen molar-refractivity contribution in [1.29, 1.82) is 0 Å². The number of hydrogen-bond acceptors (Lipinski definition) is 2. The predicted molar refractivity (Wildman–Crippen MR) is 87.8 cm³/mol. The lowest BCUT2D eigenvalue weighted by Crippen LogP contribution is -2.19. The van der Waals surface area contributed by atoms with Crippen LogP contribution in [0.1, 0.15) is 27.8 Å². The van der Waals surface area contributed by atoms with E-state index in [0.29, 0.717) is 5.06 Å². The third-order valence-corrected chi connectivity index (χ3v) is 3.69. The van der Waals surface area contributed by atoms with Crippen LogP contribution >= 0.6 is 0 Å². The Morgan fingerprint density at radius 1 is 1.27 bits per heavy atom. The van der Waals surface area contributed by atoms with E-state index in [1.807, 2.05) is 18.5 Å². The van der Waals surface area contributed by atoms with Gasteiger partial charge in [0.05, 0.1) is 0 Å². The molecule has 0 aliphatic rings. The lowest BCUT2D eigenvalue weighted by atomic mass is 10.00. The molecule has 0 radical (unpaired) electrons. The first kappa shape index (κ1) is 16.0. The minimum atomic E-state index is -0.446. The van der Waals surface area contributed by atoms with Gasteiger partial charge < -0.3 is 4.57 Å². The van der Waals surface area contributed by atoms with E-state index >= 15 is 0 Å². The van der Waals surface area contributed by atoms with Gasteiger partial charge in [-0.2, -0.15) is 0 Å². The zero-order chi connectivity index (χ0) is 16.3. The summed E-state index contributed by atoms with van der Waals surface area (Å²) in [4.78, 5) is 11.3. The van der Waals surface area contributed by atoms with Crippen LogP contribution in [0.25, 0.3) is 6.08 Å². The molecule has 2 aromatic rings. The minimum absolute atomic E-state index is 0.446. The van der Waals surface area contributed by atoms with Gasteiger partial charge in [0, 0.05) is 32.1 Å². The molecule has 1 aromatic heterocycles. The third-order valence-electron chi connectivity index (χ3n) is 3.69. The van der Waals surface area contributed by atoms with E-state index < -0.39 is 5.91 Å². The van der Waals surface area contributed by atoms with Gasteiger partial charge in [0.25, 0.3) is 5.91 Å². The van der Waals surface area contributed by atoms with Gasteiger partial charge in [0.15, 0.2) is 0 Å². The molecule has 0 aliphatic heterocycles. The molecule has 22 heavy (non-hydrogen) atoms. The van der Waals surface area contributed by atoms with E-state index in [1.165, 1.54) is 35.4 Å². The lowest BCUT2D eigenvalue weighted by molar-refractivity contribution is -0.153. The van der Waals surface area contributed by atoms with Crippen LogP contribution in [0.15, 0.2) is 36.7 Å². The van der Waals surface area contributed by atoms with Crippen LogP contribution in [0.4, 0.5) is 0 Å². The molecular formula is C18H22N2O2. The minimum Gasteiger partial charge on any atom is -0.349 e. The van der Waals surface area contributed by atoms with Gasteiger partial charge >= 0.3 is 0 Å². The number of aryl methyl sites for hydroxylation is 3. The summed E-state index contributed by atoms with van der Waals surface area (Å²) in [5.74, 6) is -0.446. The standard InChI is InChI=1S/C18H22N2O2/c1-13-9-14(2)17(15(3)10-13)12-20-8-7-16(11-20)5-6-18(21)19(4)22/h5-11,22H,12H2,1-4H3. The summed E-state index contributed by atoms with van der Waals surface area (Å²) in [6.45, 7) is 7.18. The fourth-order valence-corrected chi connectivity index (χ4v) is 2.57. The molecule has 0 unspecified atom stereocenters. The van der Waals surface area contributed by atoms with Gasteiger partial charge in [-0.25, -0.2) is 5.06 Å². The van der Waals surface area contributed by atoms with Crippen LogP contribution in [-0.2, 0) is 11.3 Å². The zero-order valence-electron chi connectivity index (χ0n) is 13.5. The molecule has 0 aliphatic carbocycles. The van der Waals surface area contributed by atoms with Gasteiger partial charge in [-0.1, -0.05) is 17.7 Å². The van der Waals surface area contributed by atoms with Crippen molar-refractivity contribution in [3.8, 4) is 0 Å². The van der Waals surface area contributed by atoms with Crippen molar-refractivity contribution < 1.29 is 10.0 Å². The monoisotopic (exact) mass is 298 g/mol. The molecule has 0 atom stereocenters. The highest BCUT2D eigenvalue weighted by atomic mass is 16.5. The molecule has 2 rings (SSSR count). The Labute approximate surface area is 131 Å². The average Bonchev–Trinajstić information content (AvgIpc) is 2.87. The number of amides is 1. The van der Waals surface area contributed by atoms with Crippen molar-refractivity contribution in [2.75, 3.05) is 7.05 Å². The number of aromatic nitrogens is 1. The Balaban J connectivity index is 2.15. The number of hydrogen-bond donors (Lipinski definition) is 1.